The molecule has 0 bridgehead atoms. The fraction of sp³-hybridized carbons (Fsp3) is 0.130. The average Bonchev–Trinajstić information content (AvgIpc) is 3.45. The Balaban J connectivity index is 1.40. The topological polar surface area (TPSA) is 61.1 Å². The summed E-state index contributed by atoms with van der Waals surface area (Å²) >= 11 is 6.11. The van der Waals surface area contributed by atoms with E-state index in [4.69, 9.17) is 16.3 Å². The fourth-order valence-electron chi connectivity index (χ4n) is 3.12. The van der Waals surface area contributed by atoms with Gasteiger partial charge in [-0.3, -0.25) is 4.79 Å². The van der Waals surface area contributed by atoms with E-state index in [9.17, 15) is 4.79 Å². The van der Waals surface area contributed by atoms with Crippen LogP contribution in [0.2, 0.25) is 5.02 Å². The summed E-state index contributed by atoms with van der Waals surface area (Å²) in [7, 11) is 0. The maximum atomic E-state index is 12.8. The highest BCUT2D eigenvalue weighted by molar-refractivity contribution is 6.32. The summed E-state index contributed by atoms with van der Waals surface area (Å²) in [5, 5.41) is 7.71. The molecule has 0 aliphatic heterocycles. The van der Waals surface area contributed by atoms with Gasteiger partial charge in [0.2, 0.25) is 0 Å². The van der Waals surface area contributed by atoms with E-state index in [1.807, 2.05) is 72.4 Å². The number of hydrogen-bond donors (Lipinski definition) is 1. The van der Waals surface area contributed by atoms with Crippen molar-refractivity contribution in [3.05, 3.63) is 102 Å². The SMILES string of the molecule is CC(NC(=O)c1ccnn1COc1ccccc1Cl)c1ccc(-n2cccc2)cc1. The second-order valence-corrected chi connectivity index (χ2v) is 7.20. The van der Waals surface area contributed by atoms with Crippen molar-refractivity contribution in [3.8, 4) is 11.4 Å². The Labute approximate surface area is 179 Å². The number of carbonyl (C=O) groups excluding carboxylic acids is 1. The van der Waals surface area contributed by atoms with Crippen molar-refractivity contribution >= 4 is 17.5 Å². The number of amides is 1. The largest absolute Gasteiger partial charge is 0.470 e. The first kappa shape index (κ1) is 19.8. The predicted octanol–water partition coefficient (Wildman–Crippen LogP) is 4.85. The van der Waals surface area contributed by atoms with Crippen LogP contribution in [0.3, 0.4) is 0 Å². The van der Waals surface area contributed by atoms with E-state index in [-0.39, 0.29) is 18.7 Å². The number of rotatable bonds is 7. The molecule has 30 heavy (non-hydrogen) atoms. The van der Waals surface area contributed by atoms with Crippen molar-refractivity contribution in [1.29, 1.82) is 0 Å². The summed E-state index contributed by atoms with van der Waals surface area (Å²) in [6, 6.07) is 20.7. The molecule has 0 saturated carbocycles. The van der Waals surface area contributed by atoms with Crippen molar-refractivity contribution in [2.45, 2.75) is 19.7 Å². The predicted molar refractivity (Wildman–Crippen MR) is 116 cm³/mol. The summed E-state index contributed by atoms with van der Waals surface area (Å²) in [5.74, 6) is 0.314. The van der Waals surface area contributed by atoms with Crippen LogP contribution in [0.15, 0.2) is 85.3 Å². The Hall–Kier alpha value is -3.51. The maximum absolute atomic E-state index is 12.8. The van der Waals surface area contributed by atoms with E-state index in [0.29, 0.717) is 16.5 Å². The lowest BCUT2D eigenvalue weighted by Gasteiger charge is -2.16. The van der Waals surface area contributed by atoms with Gasteiger partial charge in [-0.2, -0.15) is 5.10 Å². The van der Waals surface area contributed by atoms with E-state index in [1.54, 1.807) is 24.4 Å². The van der Waals surface area contributed by atoms with Crippen LogP contribution in [-0.4, -0.2) is 20.3 Å². The van der Waals surface area contributed by atoms with Gasteiger partial charge in [0.15, 0.2) is 6.73 Å². The second-order valence-electron chi connectivity index (χ2n) is 6.80. The minimum atomic E-state index is -0.225. The number of aromatic nitrogens is 3. The zero-order chi connectivity index (χ0) is 20.9. The molecule has 0 spiro atoms. The van der Waals surface area contributed by atoms with Gasteiger partial charge in [0.25, 0.3) is 5.91 Å². The van der Waals surface area contributed by atoms with E-state index in [0.717, 1.165) is 11.3 Å². The number of nitrogens with zero attached hydrogens (tertiary/aromatic N) is 3. The molecule has 0 aliphatic carbocycles. The van der Waals surface area contributed by atoms with Gasteiger partial charge in [0.05, 0.1) is 11.1 Å². The molecule has 1 N–H and O–H groups in total. The molecule has 1 unspecified atom stereocenters. The van der Waals surface area contributed by atoms with Crippen molar-refractivity contribution in [1.82, 2.24) is 19.7 Å². The minimum Gasteiger partial charge on any atom is -0.470 e. The average molecular weight is 421 g/mol. The van der Waals surface area contributed by atoms with Gasteiger partial charge in [-0.05, 0) is 55.0 Å². The number of carbonyl (C=O) groups is 1. The van der Waals surface area contributed by atoms with Gasteiger partial charge in [-0.1, -0.05) is 35.9 Å². The summed E-state index contributed by atoms with van der Waals surface area (Å²) in [5.41, 5.74) is 2.49. The maximum Gasteiger partial charge on any atom is 0.270 e. The highest BCUT2D eigenvalue weighted by Crippen LogP contribution is 2.23. The lowest BCUT2D eigenvalue weighted by molar-refractivity contribution is 0.0918. The summed E-state index contributed by atoms with van der Waals surface area (Å²) in [6.07, 6.45) is 5.56. The Morgan fingerprint density at radius 3 is 2.53 bits per heavy atom. The lowest BCUT2D eigenvalue weighted by Crippen LogP contribution is -2.29. The molecule has 4 rings (SSSR count). The minimum absolute atomic E-state index is 0.0828. The van der Waals surface area contributed by atoms with Crippen LogP contribution in [-0.2, 0) is 6.73 Å². The second kappa shape index (κ2) is 8.88. The number of hydrogen-bond acceptors (Lipinski definition) is 3. The van der Waals surface area contributed by atoms with Crippen LogP contribution in [0.25, 0.3) is 5.69 Å². The summed E-state index contributed by atoms with van der Waals surface area (Å²) < 4.78 is 9.23. The quantitative estimate of drug-likeness (QED) is 0.464. The van der Waals surface area contributed by atoms with Crippen LogP contribution in [0.5, 0.6) is 5.75 Å². The number of nitrogens with one attached hydrogen (secondary N) is 1. The molecule has 0 saturated heterocycles. The van der Waals surface area contributed by atoms with Gasteiger partial charge >= 0.3 is 0 Å². The van der Waals surface area contributed by atoms with Crippen LogP contribution >= 0.6 is 11.6 Å². The monoisotopic (exact) mass is 420 g/mol. The third-order valence-electron chi connectivity index (χ3n) is 4.77. The summed E-state index contributed by atoms with van der Waals surface area (Å²) in [6.45, 7) is 2.03. The van der Waals surface area contributed by atoms with Crippen molar-refractivity contribution < 1.29 is 9.53 Å². The number of ether oxygens (including phenoxy) is 1. The van der Waals surface area contributed by atoms with E-state index in [1.165, 1.54) is 4.68 Å². The molecule has 2 aromatic carbocycles. The van der Waals surface area contributed by atoms with Gasteiger partial charge in [0, 0.05) is 24.3 Å². The Kier molecular flexibility index (Phi) is 5.86. The number of para-hydroxylation sites is 1. The zero-order valence-corrected chi connectivity index (χ0v) is 17.2. The highest BCUT2D eigenvalue weighted by Gasteiger charge is 2.16. The molecule has 7 heteroatoms. The number of benzene rings is 2. The first-order valence-corrected chi connectivity index (χ1v) is 9.93. The molecular weight excluding hydrogens is 400 g/mol. The molecule has 4 aromatic rings. The molecule has 0 fully saturated rings. The summed E-state index contributed by atoms with van der Waals surface area (Å²) in [4.78, 5) is 12.8. The van der Waals surface area contributed by atoms with Crippen molar-refractivity contribution in [2.75, 3.05) is 0 Å². The lowest BCUT2D eigenvalue weighted by atomic mass is 10.1. The van der Waals surface area contributed by atoms with Crippen LogP contribution in [0, 0.1) is 0 Å². The normalized spacial score (nSPS) is 11.8. The van der Waals surface area contributed by atoms with Crippen LogP contribution < -0.4 is 10.1 Å². The Morgan fingerprint density at radius 2 is 1.80 bits per heavy atom. The molecule has 2 aromatic heterocycles. The molecule has 6 nitrogen and oxygen atoms in total. The molecule has 0 radical (unpaired) electrons. The molecule has 1 amide bonds. The molecule has 0 aliphatic rings. The van der Waals surface area contributed by atoms with Crippen molar-refractivity contribution in [3.63, 3.8) is 0 Å². The third-order valence-corrected chi connectivity index (χ3v) is 5.08. The smallest absolute Gasteiger partial charge is 0.270 e. The van der Waals surface area contributed by atoms with Gasteiger partial charge < -0.3 is 14.6 Å². The van der Waals surface area contributed by atoms with E-state index in [2.05, 4.69) is 10.4 Å². The third kappa shape index (κ3) is 4.39. The molecular formula is C23H21ClN4O2. The Morgan fingerprint density at radius 1 is 1.07 bits per heavy atom. The molecule has 1 atom stereocenters. The Bertz CT molecular complexity index is 1120. The van der Waals surface area contributed by atoms with E-state index < -0.39 is 0 Å². The van der Waals surface area contributed by atoms with E-state index >= 15 is 0 Å². The highest BCUT2D eigenvalue weighted by atomic mass is 35.5. The van der Waals surface area contributed by atoms with Crippen LogP contribution in [0.4, 0.5) is 0 Å². The molecule has 2 heterocycles. The zero-order valence-electron chi connectivity index (χ0n) is 16.4. The number of halogens is 1. The van der Waals surface area contributed by atoms with Gasteiger partial charge in [-0.25, -0.2) is 4.68 Å². The van der Waals surface area contributed by atoms with Crippen LogP contribution in [0.1, 0.15) is 29.0 Å². The first-order chi connectivity index (χ1) is 14.6. The van der Waals surface area contributed by atoms with Gasteiger partial charge in [0.1, 0.15) is 11.4 Å². The standard InChI is InChI=1S/C23H21ClN4O2/c1-17(18-8-10-19(11-9-18)27-14-4-5-15-27)26-23(29)21-12-13-25-28(21)16-30-22-7-3-2-6-20(22)24/h2-15,17H,16H2,1H3,(H,26,29). The molecule has 152 valence electrons. The fourth-order valence-corrected chi connectivity index (χ4v) is 3.31. The van der Waals surface area contributed by atoms with Gasteiger partial charge in [-0.15, -0.1) is 0 Å². The first-order valence-electron chi connectivity index (χ1n) is 9.55. The van der Waals surface area contributed by atoms with Crippen molar-refractivity contribution in [2.24, 2.45) is 0 Å².